The fourth-order valence-electron chi connectivity index (χ4n) is 2.05. The Morgan fingerprint density at radius 3 is 2.69 bits per heavy atom. The maximum Gasteiger partial charge on any atom is 0.419 e. The number of epoxide rings is 1. The van der Waals surface area contributed by atoms with Gasteiger partial charge in [0, 0.05) is 7.05 Å². The summed E-state index contributed by atoms with van der Waals surface area (Å²) >= 11 is 0. The second kappa shape index (κ2) is 2.77. The Balaban J connectivity index is 2.16. The summed E-state index contributed by atoms with van der Waals surface area (Å²) < 4.78 is 12.1. The lowest BCUT2D eigenvalue weighted by Gasteiger charge is -1.98. The molecule has 4 heteroatoms. The monoisotopic (exact) mass is 219 g/mol. The minimum atomic E-state index is -0.330. The van der Waals surface area contributed by atoms with Crippen LogP contribution in [0.3, 0.4) is 0 Å². The van der Waals surface area contributed by atoms with Crippen LogP contribution in [0.15, 0.2) is 27.4 Å². The van der Waals surface area contributed by atoms with Crippen LogP contribution in [0, 0.1) is 0 Å². The molecular formula is C12H13NO3. The van der Waals surface area contributed by atoms with E-state index in [-0.39, 0.29) is 17.5 Å². The fraction of sp³-hybridized carbons (Fsp3) is 0.417. The average Bonchev–Trinajstić information content (AvgIpc) is 2.77. The lowest BCUT2D eigenvalue weighted by atomic mass is 10.0. The highest BCUT2D eigenvalue weighted by molar-refractivity contribution is 5.74. The van der Waals surface area contributed by atoms with E-state index >= 15 is 0 Å². The molecule has 0 saturated carbocycles. The molecule has 1 aromatic carbocycles. The summed E-state index contributed by atoms with van der Waals surface area (Å²) in [6, 6.07) is 5.73. The van der Waals surface area contributed by atoms with Crippen LogP contribution < -0.4 is 5.76 Å². The predicted octanol–water partition coefficient (Wildman–Crippen LogP) is 1.98. The van der Waals surface area contributed by atoms with Gasteiger partial charge in [-0.25, -0.2) is 4.79 Å². The standard InChI is InChI=1S/C12H13NO3/c1-12(2)10(16-12)7-4-5-9-8(6-7)13(3)11(14)15-9/h4-6,10H,1-3H3. The highest BCUT2D eigenvalue weighted by Crippen LogP contribution is 2.49. The third-order valence-electron chi connectivity index (χ3n) is 3.11. The highest BCUT2D eigenvalue weighted by atomic mass is 16.6. The molecule has 1 fully saturated rings. The molecule has 2 aromatic rings. The van der Waals surface area contributed by atoms with Crippen molar-refractivity contribution in [3.8, 4) is 0 Å². The highest BCUT2D eigenvalue weighted by Gasteiger charge is 2.48. The van der Waals surface area contributed by atoms with Crippen molar-refractivity contribution < 1.29 is 9.15 Å². The lowest BCUT2D eigenvalue weighted by molar-refractivity contribution is 0.325. The zero-order valence-electron chi connectivity index (χ0n) is 9.48. The van der Waals surface area contributed by atoms with Crippen LogP contribution in [0.1, 0.15) is 25.5 Å². The van der Waals surface area contributed by atoms with Crippen molar-refractivity contribution in [3.63, 3.8) is 0 Å². The van der Waals surface area contributed by atoms with Crippen molar-refractivity contribution >= 4 is 11.1 Å². The topological polar surface area (TPSA) is 47.7 Å². The number of aryl methyl sites for hydroxylation is 1. The van der Waals surface area contributed by atoms with Crippen LogP contribution in [0.2, 0.25) is 0 Å². The number of benzene rings is 1. The molecule has 84 valence electrons. The smallest absolute Gasteiger partial charge is 0.408 e. The largest absolute Gasteiger partial charge is 0.419 e. The lowest BCUT2D eigenvalue weighted by Crippen LogP contribution is -2.08. The van der Waals surface area contributed by atoms with E-state index in [9.17, 15) is 4.79 Å². The van der Waals surface area contributed by atoms with Gasteiger partial charge in [0.25, 0.3) is 0 Å². The van der Waals surface area contributed by atoms with Crippen molar-refractivity contribution in [3.05, 3.63) is 34.3 Å². The quantitative estimate of drug-likeness (QED) is 0.689. The summed E-state index contributed by atoms with van der Waals surface area (Å²) in [4.78, 5) is 11.3. The first-order chi connectivity index (χ1) is 7.49. The van der Waals surface area contributed by atoms with Crippen LogP contribution in [0.25, 0.3) is 11.1 Å². The zero-order chi connectivity index (χ0) is 11.5. The summed E-state index contributed by atoms with van der Waals surface area (Å²) in [5.41, 5.74) is 2.44. The molecule has 0 radical (unpaired) electrons. The third-order valence-corrected chi connectivity index (χ3v) is 3.11. The molecule has 1 aliphatic rings. The van der Waals surface area contributed by atoms with Gasteiger partial charge < -0.3 is 9.15 Å². The van der Waals surface area contributed by atoms with Gasteiger partial charge in [0.05, 0.1) is 11.1 Å². The summed E-state index contributed by atoms with van der Waals surface area (Å²) in [5, 5.41) is 0. The molecule has 16 heavy (non-hydrogen) atoms. The minimum Gasteiger partial charge on any atom is -0.408 e. The van der Waals surface area contributed by atoms with Crippen molar-refractivity contribution in [1.82, 2.24) is 4.57 Å². The van der Waals surface area contributed by atoms with E-state index in [4.69, 9.17) is 9.15 Å². The Morgan fingerprint density at radius 2 is 2.06 bits per heavy atom. The van der Waals surface area contributed by atoms with Gasteiger partial charge in [0.2, 0.25) is 0 Å². The van der Waals surface area contributed by atoms with Gasteiger partial charge in [0.15, 0.2) is 5.58 Å². The maximum atomic E-state index is 11.3. The van der Waals surface area contributed by atoms with Gasteiger partial charge >= 0.3 is 5.76 Å². The molecule has 1 unspecified atom stereocenters. The Hall–Kier alpha value is -1.55. The molecule has 3 rings (SSSR count). The normalized spacial score (nSPS) is 22.6. The molecular weight excluding hydrogens is 206 g/mol. The molecule has 0 bridgehead atoms. The fourth-order valence-corrected chi connectivity index (χ4v) is 2.05. The number of fused-ring (bicyclic) bond motifs is 1. The molecule has 1 atom stereocenters. The maximum absolute atomic E-state index is 11.3. The van der Waals surface area contributed by atoms with Crippen LogP contribution in [-0.2, 0) is 11.8 Å². The van der Waals surface area contributed by atoms with E-state index in [1.807, 2.05) is 18.2 Å². The zero-order valence-corrected chi connectivity index (χ0v) is 9.48. The Labute approximate surface area is 92.4 Å². The molecule has 0 N–H and O–H groups in total. The van der Waals surface area contributed by atoms with Crippen molar-refractivity contribution in [2.45, 2.75) is 25.6 Å². The Morgan fingerprint density at radius 1 is 1.38 bits per heavy atom. The van der Waals surface area contributed by atoms with Crippen molar-refractivity contribution in [2.24, 2.45) is 7.05 Å². The third kappa shape index (κ3) is 1.23. The predicted molar refractivity (Wildman–Crippen MR) is 59.4 cm³/mol. The number of oxazole rings is 1. The van der Waals surface area contributed by atoms with E-state index in [0.29, 0.717) is 5.58 Å². The van der Waals surface area contributed by atoms with E-state index in [1.54, 1.807) is 7.05 Å². The number of hydrogen-bond acceptors (Lipinski definition) is 3. The SMILES string of the molecule is Cn1c(=O)oc2ccc(C3OC3(C)C)cc21. The van der Waals surface area contributed by atoms with E-state index in [0.717, 1.165) is 11.1 Å². The molecule has 0 spiro atoms. The van der Waals surface area contributed by atoms with Gasteiger partial charge in [-0.05, 0) is 31.5 Å². The summed E-state index contributed by atoms with van der Waals surface area (Å²) in [5.74, 6) is -0.330. The molecule has 0 amide bonds. The second-order valence-corrected chi connectivity index (χ2v) is 4.76. The number of ether oxygens (including phenoxy) is 1. The molecule has 1 aliphatic heterocycles. The summed E-state index contributed by atoms with van der Waals surface area (Å²) in [7, 11) is 1.71. The second-order valence-electron chi connectivity index (χ2n) is 4.76. The molecule has 0 aliphatic carbocycles. The first kappa shape index (κ1) is 9.66. The van der Waals surface area contributed by atoms with Gasteiger partial charge in [-0.1, -0.05) is 6.07 Å². The number of hydrogen-bond donors (Lipinski definition) is 0. The van der Waals surface area contributed by atoms with E-state index in [2.05, 4.69) is 13.8 Å². The Kier molecular flexibility index (Phi) is 1.67. The first-order valence-electron chi connectivity index (χ1n) is 5.26. The van der Waals surface area contributed by atoms with Crippen LogP contribution in [0.4, 0.5) is 0 Å². The van der Waals surface area contributed by atoms with Crippen molar-refractivity contribution in [1.29, 1.82) is 0 Å². The minimum absolute atomic E-state index is 0.0870. The molecule has 2 heterocycles. The van der Waals surface area contributed by atoms with Gasteiger partial charge in [-0.15, -0.1) is 0 Å². The number of aromatic nitrogens is 1. The number of rotatable bonds is 1. The average molecular weight is 219 g/mol. The van der Waals surface area contributed by atoms with Crippen LogP contribution in [0.5, 0.6) is 0 Å². The van der Waals surface area contributed by atoms with E-state index in [1.165, 1.54) is 4.57 Å². The van der Waals surface area contributed by atoms with Crippen LogP contribution in [-0.4, -0.2) is 10.2 Å². The van der Waals surface area contributed by atoms with Crippen molar-refractivity contribution in [2.75, 3.05) is 0 Å². The first-order valence-corrected chi connectivity index (χ1v) is 5.26. The van der Waals surface area contributed by atoms with Crippen LogP contribution >= 0.6 is 0 Å². The number of nitrogens with zero attached hydrogens (tertiary/aromatic N) is 1. The summed E-state index contributed by atoms with van der Waals surface area (Å²) in [6.07, 6.45) is 0.127. The summed E-state index contributed by atoms with van der Waals surface area (Å²) in [6.45, 7) is 4.10. The molecule has 1 saturated heterocycles. The van der Waals surface area contributed by atoms with Gasteiger partial charge in [-0.2, -0.15) is 0 Å². The van der Waals surface area contributed by atoms with Gasteiger partial charge in [0.1, 0.15) is 6.10 Å². The van der Waals surface area contributed by atoms with Gasteiger partial charge in [-0.3, -0.25) is 4.57 Å². The van der Waals surface area contributed by atoms with E-state index < -0.39 is 0 Å². The Bertz CT molecular complexity index is 621. The molecule has 4 nitrogen and oxygen atoms in total. The molecule has 1 aromatic heterocycles.